The van der Waals surface area contributed by atoms with Gasteiger partial charge >= 0.3 is 0 Å². The van der Waals surface area contributed by atoms with Crippen molar-refractivity contribution >= 4 is 40.4 Å². The molecule has 168 valence electrons. The van der Waals surface area contributed by atoms with Gasteiger partial charge in [0.25, 0.3) is 11.8 Å². The van der Waals surface area contributed by atoms with E-state index >= 15 is 0 Å². The van der Waals surface area contributed by atoms with Gasteiger partial charge in [-0.2, -0.15) is 0 Å². The Morgan fingerprint density at radius 2 is 1.64 bits per heavy atom. The Labute approximate surface area is 198 Å². The standard InChI is InChI=1S/C27H25ClN2O3/c1-17(2)16-33-22-13-11-21(12-14-22)30-26(31)24(19-7-5-4-6-8-19)25(27(30)32)29-23-15-20(28)10-9-18(23)3/h4-15,17,29H,16H2,1-3H3. The van der Waals surface area contributed by atoms with Crippen molar-refractivity contribution in [3.05, 3.63) is 94.6 Å². The van der Waals surface area contributed by atoms with E-state index in [0.717, 1.165) is 5.56 Å². The van der Waals surface area contributed by atoms with Gasteiger partial charge in [-0.05, 0) is 60.4 Å². The number of nitrogens with zero attached hydrogens (tertiary/aromatic N) is 1. The average molecular weight is 461 g/mol. The second-order valence-electron chi connectivity index (χ2n) is 8.34. The maximum absolute atomic E-state index is 13.5. The molecular weight excluding hydrogens is 436 g/mol. The highest BCUT2D eigenvalue weighted by atomic mass is 35.5. The van der Waals surface area contributed by atoms with E-state index in [-0.39, 0.29) is 11.6 Å². The minimum atomic E-state index is -0.422. The number of ether oxygens (including phenoxy) is 1. The highest BCUT2D eigenvalue weighted by Gasteiger charge is 2.40. The van der Waals surface area contributed by atoms with E-state index < -0.39 is 5.91 Å². The van der Waals surface area contributed by atoms with Crippen molar-refractivity contribution in [3.8, 4) is 5.75 Å². The fourth-order valence-corrected chi connectivity index (χ4v) is 3.74. The summed E-state index contributed by atoms with van der Waals surface area (Å²) in [4.78, 5) is 28.2. The summed E-state index contributed by atoms with van der Waals surface area (Å²) in [5, 5.41) is 3.72. The van der Waals surface area contributed by atoms with Crippen LogP contribution in [0.15, 0.2) is 78.5 Å². The lowest BCUT2D eigenvalue weighted by molar-refractivity contribution is -0.120. The van der Waals surface area contributed by atoms with E-state index in [2.05, 4.69) is 19.2 Å². The molecule has 0 unspecified atom stereocenters. The summed E-state index contributed by atoms with van der Waals surface area (Å²) in [7, 11) is 0. The number of hydrogen-bond donors (Lipinski definition) is 1. The number of carbonyl (C=O) groups excluding carboxylic acids is 2. The lowest BCUT2D eigenvalue weighted by Crippen LogP contribution is -2.32. The van der Waals surface area contributed by atoms with E-state index in [9.17, 15) is 9.59 Å². The third-order valence-electron chi connectivity index (χ3n) is 5.28. The molecule has 0 fully saturated rings. The summed E-state index contributed by atoms with van der Waals surface area (Å²) < 4.78 is 5.73. The molecule has 0 radical (unpaired) electrons. The molecule has 33 heavy (non-hydrogen) atoms. The Bertz CT molecular complexity index is 1220. The van der Waals surface area contributed by atoms with Crippen LogP contribution in [0, 0.1) is 12.8 Å². The van der Waals surface area contributed by atoms with Crippen LogP contribution in [0.4, 0.5) is 11.4 Å². The van der Waals surface area contributed by atoms with Crippen LogP contribution in [0.5, 0.6) is 5.75 Å². The van der Waals surface area contributed by atoms with Gasteiger partial charge in [0.15, 0.2) is 0 Å². The van der Waals surface area contributed by atoms with Gasteiger partial charge in [-0.15, -0.1) is 0 Å². The van der Waals surface area contributed by atoms with Crippen LogP contribution in [-0.2, 0) is 9.59 Å². The third kappa shape index (κ3) is 4.78. The summed E-state index contributed by atoms with van der Waals surface area (Å²) in [6.07, 6.45) is 0. The highest BCUT2D eigenvalue weighted by molar-refractivity contribution is 6.46. The van der Waals surface area contributed by atoms with Crippen LogP contribution in [0.25, 0.3) is 5.57 Å². The van der Waals surface area contributed by atoms with Crippen LogP contribution in [-0.4, -0.2) is 18.4 Å². The Balaban J connectivity index is 1.71. The third-order valence-corrected chi connectivity index (χ3v) is 5.52. The van der Waals surface area contributed by atoms with Crippen LogP contribution in [0.3, 0.4) is 0 Å². The van der Waals surface area contributed by atoms with Crippen molar-refractivity contribution in [3.63, 3.8) is 0 Å². The van der Waals surface area contributed by atoms with Gasteiger partial charge in [0.1, 0.15) is 11.4 Å². The first-order valence-electron chi connectivity index (χ1n) is 10.8. The summed E-state index contributed by atoms with van der Waals surface area (Å²) in [5.41, 5.74) is 3.26. The molecule has 2 amide bonds. The molecule has 3 aromatic carbocycles. The fourth-order valence-electron chi connectivity index (χ4n) is 3.57. The number of nitrogens with one attached hydrogen (secondary N) is 1. The Morgan fingerprint density at radius 1 is 0.939 bits per heavy atom. The first-order chi connectivity index (χ1) is 15.8. The Morgan fingerprint density at radius 3 is 2.30 bits per heavy atom. The zero-order chi connectivity index (χ0) is 23.5. The maximum Gasteiger partial charge on any atom is 0.282 e. The number of rotatable bonds is 7. The zero-order valence-electron chi connectivity index (χ0n) is 18.8. The molecule has 3 aromatic rings. The minimum Gasteiger partial charge on any atom is -0.493 e. The predicted molar refractivity (Wildman–Crippen MR) is 132 cm³/mol. The number of anilines is 2. The van der Waals surface area contributed by atoms with Crippen molar-refractivity contribution in [1.82, 2.24) is 0 Å². The molecular formula is C27H25ClN2O3. The number of benzene rings is 3. The van der Waals surface area contributed by atoms with Gasteiger partial charge < -0.3 is 10.1 Å². The van der Waals surface area contributed by atoms with Gasteiger partial charge in [-0.1, -0.05) is 61.8 Å². The van der Waals surface area contributed by atoms with Crippen LogP contribution in [0.2, 0.25) is 5.02 Å². The zero-order valence-corrected chi connectivity index (χ0v) is 19.5. The SMILES string of the molecule is Cc1ccc(Cl)cc1NC1=C(c2ccccc2)C(=O)N(c2ccc(OCC(C)C)cc2)C1=O. The first-order valence-corrected chi connectivity index (χ1v) is 11.2. The molecule has 1 aliphatic rings. The number of halogens is 1. The molecule has 0 saturated carbocycles. The number of hydrogen-bond acceptors (Lipinski definition) is 4. The molecule has 1 aliphatic heterocycles. The van der Waals surface area contributed by atoms with Gasteiger partial charge in [0.05, 0.1) is 17.9 Å². The Kier molecular flexibility index (Phi) is 6.52. The van der Waals surface area contributed by atoms with Crippen molar-refractivity contribution in [1.29, 1.82) is 0 Å². The van der Waals surface area contributed by atoms with Crippen LogP contribution < -0.4 is 15.0 Å². The topological polar surface area (TPSA) is 58.6 Å². The van der Waals surface area contributed by atoms with Crippen LogP contribution in [0.1, 0.15) is 25.0 Å². The lowest BCUT2D eigenvalue weighted by Gasteiger charge is -2.17. The number of amides is 2. The molecule has 0 spiro atoms. The van der Waals surface area contributed by atoms with Crippen molar-refractivity contribution in [2.75, 3.05) is 16.8 Å². The summed E-state index contributed by atoms with van der Waals surface area (Å²) in [5.74, 6) is 0.279. The van der Waals surface area contributed by atoms with E-state index in [0.29, 0.717) is 45.8 Å². The highest BCUT2D eigenvalue weighted by Crippen LogP contribution is 2.35. The second-order valence-corrected chi connectivity index (χ2v) is 8.78. The second kappa shape index (κ2) is 9.51. The predicted octanol–water partition coefficient (Wildman–Crippen LogP) is 6.08. The largest absolute Gasteiger partial charge is 0.493 e. The summed E-state index contributed by atoms with van der Waals surface area (Å²) >= 11 is 6.18. The molecule has 5 nitrogen and oxygen atoms in total. The van der Waals surface area contributed by atoms with E-state index in [1.807, 2.05) is 43.3 Å². The van der Waals surface area contributed by atoms with Gasteiger partial charge in [-0.3, -0.25) is 9.59 Å². The lowest BCUT2D eigenvalue weighted by atomic mass is 10.0. The molecule has 0 saturated heterocycles. The van der Waals surface area contributed by atoms with Crippen molar-refractivity contribution < 1.29 is 14.3 Å². The van der Waals surface area contributed by atoms with E-state index in [1.54, 1.807) is 36.4 Å². The maximum atomic E-state index is 13.5. The number of imide groups is 1. The van der Waals surface area contributed by atoms with E-state index in [1.165, 1.54) is 4.90 Å². The number of aryl methyl sites for hydroxylation is 1. The molecule has 0 bridgehead atoms. The minimum absolute atomic E-state index is 0.219. The smallest absolute Gasteiger partial charge is 0.282 e. The quantitative estimate of drug-likeness (QED) is 0.434. The number of carbonyl (C=O) groups is 2. The van der Waals surface area contributed by atoms with Gasteiger partial charge in [-0.25, -0.2) is 4.90 Å². The molecule has 1 N–H and O–H groups in total. The van der Waals surface area contributed by atoms with Crippen molar-refractivity contribution in [2.45, 2.75) is 20.8 Å². The summed E-state index contributed by atoms with van der Waals surface area (Å²) in [6, 6.07) is 21.6. The Hall–Kier alpha value is -3.57. The molecule has 6 heteroatoms. The monoisotopic (exact) mass is 460 g/mol. The first kappa shape index (κ1) is 22.6. The van der Waals surface area contributed by atoms with Gasteiger partial charge in [0, 0.05) is 10.7 Å². The fraction of sp³-hybridized carbons (Fsp3) is 0.185. The molecule has 1 heterocycles. The normalized spacial score (nSPS) is 13.8. The summed E-state index contributed by atoms with van der Waals surface area (Å²) in [6.45, 7) is 6.65. The van der Waals surface area contributed by atoms with Crippen molar-refractivity contribution in [2.24, 2.45) is 5.92 Å². The average Bonchev–Trinajstić information content (AvgIpc) is 3.05. The molecule has 4 rings (SSSR count). The molecule has 0 aromatic heterocycles. The van der Waals surface area contributed by atoms with E-state index in [4.69, 9.17) is 16.3 Å². The molecule has 0 aliphatic carbocycles. The van der Waals surface area contributed by atoms with Crippen LogP contribution >= 0.6 is 11.6 Å². The molecule has 0 atom stereocenters. The van der Waals surface area contributed by atoms with Gasteiger partial charge in [0.2, 0.25) is 0 Å².